The summed E-state index contributed by atoms with van der Waals surface area (Å²) in [7, 11) is 1.47. The van der Waals surface area contributed by atoms with Crippen LogP contribution in [0.4, 0.5) is 10.1 Å². The first-order chi connectivity index (χ1) is 15.4. The summed E-state index contributed by atoms with van der Waals surface area (Å²) in [4.78, 5) is 34.1. The van der Waals surface area contributed by atoms with Crippen LogP contribution in [0.2, 0.25) is 0 Å². The van der Waals surface area contributed by atoms with Gasteiger partial charge in [-0.1, -0.05) is 11.6 Å². The minimum atomic E-state index is -0.762. The first-order valence-corrected chi connectivity index (χ1v) is 9.93. The number of carbonyl (C=O) groups is 2. The zero-order chi connectivity index (χ0) is 22.8. The molecular weight excluding hydrogens is 411 g/mol. The van der Waals surface area contributed by atoms with E-state index in [4.69, 9.17) is 4.74 Å². The predicted molar refractivity (Wildman–Crippen MR) is 118 cm³/mol. The standard InChI is InChI=1S/C24H21FN4O3/c1-14-4-7-20-19(10-14)22(15(2)29(20)13-18-6-5-16(25)12-27-18)23(30)24(31)28-17-8-9-26-21(11-17)32-3/h4-12H,13H2,1-3H3,(H,26,28,31). The molecule has 1 amide bonds. The predicted octanol–water partition coefficient (Wildman–Crippen LogP) is 4.07. The van der Waals surface area contributed by atoms with Crippen LogP contribution in [0.5, 0.6) is 5.88 Å². The summed E-state index contributed by atoms with van der Waals surface area (Å²) in [6.07, 6.45) is 2.64. The van der Waals surface area contributed by atoms with Crippen LogP contribution in [0.25, 0.3) is 10.9 Å². The van der Waals surface area contributed by atoms with E-state index >= 15 is 0 Å². The van der Waals surface area contributed by atoms with Gasteiger partial charge in [-0.2, -0.15) is 0 Å². The number of methoxy groups -OCH3 is 1. The minimum Gasteiger partial charge on any atom is -0.481 e. The number of amides is 1. The van der Waals surface area contributed by atoms with Gasteiger partial charge >= 0.3 is 0 Å². The van der Waals surface area contributed by atoms with E-state index in [0.717, 1.165) is 17.3 Å². The monoisotopic (exact) mass is 432 g/mol. The average molecular weight is 432 g/mol. The third-order valence-electron chi connectivity index (χ3n) is 5.22. The second kappa shape index (κ2) is 8.58. The molecule has 8 heteroatoms. The Morgan fingerprint density at radius 2 is 1.91 bits per heavy atom. The number of nitrogens with zero attached hydrogens (tertiary/aromatic N) is 3. The Bertz CT molecular complexity index is 1330. The maximum atomic E-state index is 13.3. The van der Waals surface area contributed by atoms with Gasteiger partial charge in [-0.15, -0.1) is 0 Å². The SMILES string of the molecule is COc1cc(NC(=O)C(=O)c2c(C)n(Cc3ccc(F)cn3)c3ccc(C)cc23)ccn1. The Labute approximate surface area is 183 Å². The lowest BCUT2D eigenvalue weighted by Crippen LogP contribution is -2.23. The van der Waals surface area contributed by atoms with E-state index in [-0.39, 0.29) is 0 Å². The van der Waals surface area contributed by atoms with Gasteiger partial charge in [0.05, 0.1) is 31.1 Å². The van der Waals surface area contributed by atoms with Crippen molar-refractivity contribution in [2.24, 2.45) is 0 Å². The molecule has 0 bridgehead atoms. The molecule has 0 radical (unpaired) electrons. The fraction of sp³-hybridized carbons (Fsp3) is 0.167. The Morgan fingerprint density at radius 1 is 1.09 bits per heavy atom. The van der Waals surface area contributed by atoms with Gasteiger partial charge in [-0.05, 0) is 44.2 Å². The molecule has 0 fully saturated rings. The van der Waals surface area contributed by atoms with E-state index in [1.807, 2.05) is 29.7 Å². The molecule has 4 rings (SSSR count). The minimum absolute atomic E-state index is 0.323. The van der Waals surface area contributed by atoms with Crippen LogP contribution >= 0.6 is 0 Å². The van der Waals surface area contributed by atoms with Crippen molar-refractivity contribution in [3.63, 3.8) is 0 Å². The van der Waals surface area contributed by atoms with Gasteiger partial charge in [0.15, 0.2) is 0 Å². The second-order valence-corrected chi connectivity index (χ2v) is 7.41. The molecule has 0 spiro atoms. The number of carbonyl (C=O) groups excluding carboxylic acids is 2. The number of halogens is 1. The van der Waals surface area contributed by atoms with E-state index in [1.165, 1.54) is 25.4 Å². The van der Waals surface area contributed by atoms with Crippen molar-refractivity contribution in [1.29, 1.82) is 0 Å². The van der Waals surface area contributed by atoms with Crippen molar-refractivity contribution >= 4 is 28.3 Å². The topological polar surface area (TPSA) is 86.1 Å². The molecule has 7 nitrogen and oxygen atoms in total. The van der Waals surface area contributed by atoms with Gasteiger partial charge in [-0.25, -0.2) is 9.37 Å². The summed E-state index contributed by atoms with van der Waals surface area (Å²) in [5.41, 5.74) is 3.75. The molecule has 3 heterocycles. The van der Waals surface area contributed by atoms with Crippen molar-refractivity contribution < 1.29 is 18.7 Å². The highest BCUT2D eigenvalue weighted by Crippen LogP contribution is 2.28. The van der Waals surface area contributed by atoms with Crippen molar-refractivity contribution in [3.8, 4) is 5.88 Å². The molecule has 0 aliphatic carbocycles. The van der Waals surface area contributed by atoms with Crippen LogP contribution in [0, 0.1) is 19.7 Å². The zero-order valence-electron chi connectivity index (χ0n) is 17.8. The molecule has 0 aliphatic rings. The van der Waals surface area contributed by atoms with E-state index < -0.39 is 17.5 Å². The van der Waals surface area contributed by atoms with Crippen LogP contribution in [0.1, 0.15) is 27.3 Å². The molecule has 0 unspecified atom stereocenters. The molecule has 0 aliphatic heterocycles. The van der Waals surface area contributed by atoms with Gasteiger partial charge in [0.1, 0.15) is 5.82 Å². The van der Waals surface area contributed by atoms with Crippen LogP contribution in [0.15, 0.2) is 54.9 Å². The summed E-state index contributed by atoms with van der Waals surface area (Å²) in [6.45, 7) is 4.04. The second-order valence-electron chi connectivity index (χ2n) is 7.41. The molecule has 3 aromatic heterocycles. The number of Topliss-reactive ketones (excluding diaryl/α,β-unsaturated/α-hetero) is 1. The third-order valence-corrected chi connectivity index (χ3v) is 5.22. The van der Waals surface area contributed by atoms with Crippen LogP contribution < -0.4 is 10.1 Å². The number of hydrogen-bond acceptors (Lipinski definition) is 5. The highest BCUT2D eigenvalue weighted by Gasteiger charge is 2.25. The molecule has 4 aromatic rings. The van der Waals surface area contributed by atoms with E-state index in [0.29, 0.717) is 40.4 Å². The quantitative estimate of drug-likeness (QED) is 0.367. The molecule has 1 aromatic carbocycles. The molecule has 0 atom stereocenters. The van der Waals surface area contributed by atoms with Crippen LogP contribution in [-0.2, 0) is 11.3 Å². The average Bonchev–Trinajstić information content (AvgIpc) is 3.05. The smallest absolute Gasteiger partial charge is 0.296 e. The Balaban J connectivity index is 1.73. The number of aryl methyl sites for hydroxylation is 1. The summed E-state index contributed by atoms with van der Waals surface area (Å²) in [6, 6.07) is 11.8. The molecular formula is C24H21FN4O3. The van der Waals surface area contributed by atoms with E-state index in [2.05, 4.69) is 15.3 Å². The first-order valence-electron chi connectivity index (χ1n) is 9.93. The number of aromatic nitrogens is 3. The van der Waals surface area contributed by atoms with Crippen molar-refractivity contribution in [3.05, 3.63) is 83.2 Å². The number of fused-ring (bicyclic) bond motifs is 1. The number of ether oxygens (including phenoxy) is 1. The fourth-order valence-electron chi connectivity index (χ4n) is 3.65. The highest BCUT2D eigenvalue weighted by atomic mass is 19.1. The third kappa shape index (κ3) is 4.07. The summed E-state index contributed by atoms with van der Waals surface area (Å²) in [5, 5.41) is 3.29. The first kappa shape index (κ1) is 21.2. The maximum absolute atomic E-state index is 13.3. The van der Waals surface area contributed by atoms with Gasteiger partial charge in [0.2, 0.25) is 5.88 Å². The molecule has 162 valence electrons. The summed E-state index contributed by atoms with van der Waals surface area (Å²) in [5.74, 6) is -1.51. The number of ketones is 1. The van der Waals surface area contributed by atoms with Gasteiger partial charge in [0, 0.05) is 34.5 Å². The Morgan fingerprint density at radius 3 is 2.62 bits per heavy atom. The number of pyridine rings is 2. The lowest BCUT2D eigenvalue weighted by molar-refractivity contribution is -0.112. The molecule has 1 N–H and O–H groups in total. The molecule has 0 saturated heterocycles. The van der Waals surface area contributed by atoms with Gasteiger partial charge in [-0.3, -0.25) is 14.6 Å². The van der Waals surface area contributed by atoms with Crippen molar-refractivity contribution in [1.82, 2.24) is 14.5 Å². The fourth-order valence-corrected chi connectivity index (χ4v) is 3.65. The van der Waals surface area contributed by atoms with E-state index in [1.54, 1.807) is 19.1 Å². The Kier molecular flexibility index (Phi) is 5.68. The number of rotatable bonds is 6. The lowest BCUT2D eigenvalue weighted by Gasteiger charge is -2.09. The number of hydrogen-bond donors (Lipinski definition) is 1. The van der Waals surface area contributed by atoms with Crippen LogP contribution in [0.3, 0.4) is 0 Å². The number of benzene rings is 1. The van der Waals surface area contributed by atoms with Gasteiger partial charge < -0.3 is 14.6 Å². The van der Waals surface area contributed by atoms with Crippen LogP contribution in [-0.4, -0.2) is 33.3 Å². The zero-order valence-corrected chi connectivity index (χ0v) is 17.8. The van der Waals surface area contributed by atoms with Crippen molar-refractivity contribution in [2.75, 3.05) is 12.4 Å². The maximum Gasteiger partial charge on any atom is 0.296 e. The largest absolute Gasteiger partial charge is 0.481 e. The lowest BCUT2D eigenvalue weighted by atomic mass is 10.0. The number of nitrogens with one attached hydrogen (secondary N) is 1. The van der Waals surface area contributed by atoms with Crippen molar-refractivity contribution in [2.45, 2.75) is 20.4 Å². The van der Waals surface area contributed by atoms with E-state index in [9.17, 15) is 14.0 Å². The molecule has 0 saturated carbocycles. The van der Waals surface area contributed by atoms with Gasteiger partial charge in [0.25, 0.3) is 11.7 Å². The highest BCUT2D eigenvalue weighted by molar-refractivity contribution is 6.48. The number of anilines is 1. The molecule has 32 heavy (non-hydrogen) atoms. The Hall–Kier alpha value is -4.07. The summed E-state index contributed by atoms with van der Waals surface area (Å²) >= 11 is 0. The summed E-state index contributed by atoms with van der Waals surface area (Å²) < 4.78 is 20.2. The normalized spacial score (nSPS) is 10.9.